The third-order valence-corrected chi connectivity index (χ3v) is 3.10. The van der Waals surface area contributed by atoms with Crippen molar-refractivity contribution in [3.05, 3.63) is 0 Å². The van der Waals surface area contributed by atoms with Crippen LogP contribution in [0.2, 0.25) is 0 Å². The fraction of sp³-hybridized carbons (Fsp3) is 1.00. The summed E-state index contributed by atoms with van der Waals surface area (Å²) in [6.07, 6.45) is 5.42. The van der Waals surface area contributed by atoms with E-state index in [1.807, 2.05) is 0 Å². The average molecular weight is 185 g/mol. The van der Waals surface area contributed by atoms with Crippen molar-refractivity contribution in [2.45, 2.75) is 51.7 Å². The number of hydrogen-bond donors (Lipinski definition) is 1. The molecule has 1 aliphatic heterocycles. The molecule has 3 atom stereocenters. The van der Waals surface area contributed by atoms with Crippen molar-refractivity contribution < 1.29 is 4.74 Å². The van der Waals surface area contributed by atoms with Crippen LogP contribution in [-0.4, -0.2) is 25.8 Å². The molecule has 1 N–H and O–H groups in total. The van der Waals surface area contributed by atoms with Crippen LogP contribution in [0.25, 0.3) is 0 Å². The Morgan fingerprint density at radius 3 is 2.92 bits per heavy atom. The summed E-state index contributed by atoms with van der Waals surface area (Å²) < 4.78 is 5.78. The lowest BCUT2D eigenvalue weighted by atomic mass is 9.91. The zero-order valence-electron chi connectivity index (χ0n) is 9.18. The molecule has 0 aromatic rings. The maximum absolute atomic E-state index is 5.78. The molecule has 13 heavy (non-hydrogen) atoms. The minimum atomic E-state index is 0.492. The molecule has 1 aliphatic rings. The van der Waals surface area contributed by atoms with E-state index in [0.29, 0.717) is 12.1 Å². The SMILES string of the molecule is CCCC(C)C1CC(NC)CCO1. The van der Waals surface area contributed by atoms with Gasteiger partial charge in [0, 0.05) is 12.6 Å². The standard InChI is InChI=1S/C11H23NO/c1-4-5-9(2)11-8-10(12-3)6-7-13-11/h9-12H,4-8H2,1-3H3. The summed E-state index contributed by atoms with van der Waals surface area (Å²) in [7, 11) is 2.05. The van der Waals surface area contributed by atoms with Crippen LogP contribution in [0.5, 0.6) is 0 Å². The van der Waals surface area contributed by atoms with E-state index in [2.05, 4.69) is 26.2 Å². The first kappa shape index (κ1) is 11.0. The molecule has 0 bridgehead atoms. The quantitative estimate of drug-likeness (QED) is 0.725. The summed E-state index contributed by atoms with van der Waals surface area (Å²) in [5.74, 6) is 0.723. The second kappa shape index (κ2) is 5.61. The van der Waals surface area contributed by atoms with Crippen molar-refractivity contribution in [1.82, 2.24) is 5.32 Å². The van der Waals surface area contributed by atoms with E-state index in [9.17, 15) is 0 Å². The maximum atomic E-state index is 5.78. The molecule has 1 rings (SSSR count). The average Bonchev–Trinajstić information content (AvgIpc) is 2.18. The highest BCUT2D eigenvalue weighted by Crippen LogP contribution is 2.23. The van der Waals surface area contributed by atoms with E-state index in [4.69, 9.17) is 4.74 Å². The van der Waals surface area contributed by atoms with Gasteiger partial charge in [0.25, 0.3) is 0 Å². The molecule has 0 aliphatic carbocycles. The summed E-state index contributed by atoms with van der Waals surface area (Å²) in [6.45, 7) is 5.49. The van der Waals surface area contributed by atoms with Crippen LogP contribution in [0.15, 0.2) is 0 Å². The molecule has 78 valence electrons. The molecule has 0 amide bonds. The minimum absolute atomic E-state index is 0.492. The van der Waals surface area contributed by atoms with Gasteiger partial charge in [-0.05, 0) is 32.2 Å². The van der Waals surface area contributed by atoms with Gasteiger partial charge >= 0.3 is 0 Å². The summed E-state index contributed by atoms with van der Waals surface area (Å²) in [5, 5.41) is 3.35. The van der Waals surface area contributed by atoms with Crippen LogP contribution >= 0.6 is 0 Å². The first-order chi connectivity index (χ1) is 6.27. The van der Waals surface area contributed by atoms with Gasteiger partial charge < -0.3 is 10.1 Å². The topological polar surface area (TPSA) is 21.3 Å². The van der Waals surface area contributed by atoms with E-state index < -0.39 is 0 Å². The molecule has 0 aromatic carbocycles. The Labute approximate surface area is 82.0 Å². The second-order valence-electron chi connectivity index (χ2n) is 4.19. The minimum Gasteiger partial charge on any atom is -0.378 e. The molecule has 0 radical (unpaired) electrons. The second-order valence-corrected chi connectivity index (χ2v) is 4.19. The fourth-order valence-electron chi connectivity index (χ4n) is 2.13. The van der Waals surface area contributed by atoms with Crippen LogP contribution in [0.1, 0.15) is 39.5 Å². The van der Waals surface area contributed by atoms with Crippen LogP contribution in [0, 0.1) is 5.92 Å². The van der Waals surface area contributed by atoms with Crippen molar-refractivity contribution in [3.8, 4) is 0 Å². The molecule has 1 saturated heterocycles. The Morgan fingerprint density at radius 1 is 1.54 bits per heavy atom. The Bertz CT molecular complexity index is 138. The largest absolute Gasteiger partial charge is 0.378 e. The lowest BCUT2D eigenvalue weighted by Crippen LogP contribution is -2.39. The number of nitrogens with one attached hydrogen (secondary N) is 1. The van der Waals surface area contributed by atoms with E-state index in [1.165, 1.54) is 25.7 Å². The summed E-state index contributed by atoms with van der Waals surface area (Å²) in [6, 6.07) is 0.679. The third kappa shape index (κ3) is 3.28. The molecule has 0 saturated carbocycles. The van der Waals surface area contributed by atoms with Crippen molar-refractivity contribution in [1.29, 1.82) is 0 Å². The van der Waals surface area contributed by atoms with Crippen LogP contribution in [0.4, 0.5) is 0 Å². The highest BCUT2D eigenvalue weighted by molar-refractivity contribution is 4.78. The maximum Gasteiger partial charge on any atom is 0.0615 e. The highest BCUT2D eigenvalue weighted by Gasteiger charge is 2.25. The Balaban J connectivity index is 2.32. The van der Waals surface area contributed by atoms with Crippen LogP contribution in [0.3, 0.4) is 0 Å². The van der Waals surface area contributed by atoms with E-state index >= 15 is 0 Å². The van der Waals surface area contributed by atoms with Gasteiger partial charge in [-0.3, -0.25) is 0 Å². The Hall–Kier alpha value is -0.0800. The molecule has 2 nitrogen and oxygen atoms in total. The summed E-state index contributed by atoms with van der Waals surface area (Å²) in [4.78, 5) is 0. The van der Waals surface area contributed by atoms with Gasteiger partial charge in [-0.2, -0.15) is 0 Å². The zero-order valence-corrected chi connectivity index (χ0v) is 9.18. The normalized spacial score (nSPS) is 31.6. The van der Waals surface area contributed by atoms with Gasteiger partial charge in [-0.15, -0.1) is 0 Å². The van der Waals surface area contributed by atoms with Gasteiger partial charge in [0.1, 0.15) is 0 Å². The zero-order chi connectivity index (χ0) is 9.68. The van der Waals surface area contributed by atoms with Gasteiger partial charge in [0.05, 0.1) is 6.10 Å². The first-order valence-corrected chi connectivity index (χ1v) is 5.56. The number of hydrogen-bond acceptors (Lipinski definition) is 2. The number of rotatable bonds is 4. The lowest BCUT2D eigenvalue weighted by Gasteiger charge is -2.33. The molecule has 1 heterocycles. The molecule has 0 aromatic heterocycles. The fourth-order valence-corrected chi connectivity index (χ4v) is 2.13. The van der Waals surface area contributed by atoms with Crippen molar-refractivity contribution in [2.24, 2.45) is 5.92 Å². The monoisotopic (exact) mass is 185 g/mol. The smallest absolute Gasteiger partial charge is 0.0615 e. The van der Waals surface area contributed by atoms with Crippen LogP contribution in [-0.2, 0) is 4.74 Å². The number of ether oxygens (including phenoxy) is 1. The Kier molecular flexibility index (Phi) is 4.74. The summed E-state index contributed by atoms with van der Waals surface area (Å²) in [5.41, 5.74) is 0. The van der Waals surface area contributed by atoms with E-state index in [0.717, 1.165) is 12.5 Å². The molecule has 0 spiro atoms. The third-order valence-electron chi connectivity index (χ3n) is 3.10. The molecule has 3 unspecified atom stereocenters. The molecule has 1 fully saturated rings. The van der Waals surface area contributed by atoms with Crippen molar-refractivity contribution >= 4 is 0 Å². The van der Waals surface area contributed by atoms with Gasteiger partial charge in [0.15, 0.2) is 0 Å². The van der Waals surface area contributed by atoms with E-state index in [-0.39, 0.29) is 0 Å². The summed E-state index contributed by atoms with van der Waals surface area (Å²) >= 11 is 0. The van der Waals surface area contributed by atoms with Gasteiger partial charge in [0.2, 0.25) is 0 Å². The first-order valence-electron chi connectivity index (χ1n) is 5.56. The van der Waals surface area contributed by atoms with Crippen LogP contribution < -0.4 is 5.32 Å². The Morgan fingerprint density at radius 2 is 2.31 bits per heavy atom. The molecular formula is C11H23NO. The lowest BCUT2D eigenvalue weighted by molar-refractivity contribution is -0.0295. The van der Waals surface area contributed by atoms with E-state index in [1.54, 1.807) is 0 Å². The molecule has 2 heteroatoms. The van der Waals surface area contributed by atoms with Gasteiger partial charge in [-0.25, -0.2) is 0 Å². The molecular weight excluding hydrogens is 162 g/mol. The van der Waals surface area contributed by atoms with Crippen molar-refractivity contribution in [3.63, 3.8) is 0 Å². The van der Waals surface area contributed by atoms with Gasteiger partial charge in [-0.1, -0.05) is 20.3 Å². The predicted octanol–water partition coefficient (Wildman–Crippen LogP) is 2.19. The highest BCUT2D eigenvalue weighted by atomic mass is 16.5. The predicted molar refractivity (Wildman–Crippen MR) is 55.9 cm³/mol. The van der Waals surface area contributed by atoms with Crippen molar-refractivity contribution in [2.75, 3.05) is 13.7 Å².